The number of carboxylic acid groups (broad SMARTS) is 1. The summed E-state index contributed by atoms with van der Waals surface area (Å²) in [5, 5.41) is 14.5. The number of aromatic carboxylic acids is 1. The number of carbonyl (C=O) groups is 4. The van der Waals surface area contributed by atoms with Crippen molar-refractivity contribution in [3.8, 4) is 0 Å². The third kappa shape index (κ3) is 7.81. The molecule has 4 aromatic rings. The second-order valence-electron chi connectivity index (χ2n) is 14.6. The summed E-state index contributed by atoms with van der Waals surface area (Å²) in [4.78, 5) is 89.4. The van der Waals surface area contributed by atoms with Gasteiger partial charge in [0.05, 0.1) is 29.4 Å². The number of carbonyl (C=O) groups excluding carboxylic acids is 3. The number of rotatable bonds is 6. The summed E-state index contributed by atoms with van der Waals surface area (Å²) >= 11 is 0. The van der Waals surface area contributed by atoms with E-state index in [1.54, 1.807) is 47.8 Å². The highest BCUT2D eigenvalue weighted by Crippen LogP contribution is 2.41. The number of nitrogens with one attached hydrogen (secondary N) is 2. The molecule has 2 saturated heterocycles. The van der Waals surface area contributed by atoms with Crippen LogP contribution in [0.3, 0.4) is 0 Å². The maximum atomic E-state index is 13.1. The van der Waals surface area contributed by atoms with Gasteiger partial charge < -0.3 is 34.7 Å². The van der Waals surface area contributed by atoms with Crippen molar-refractivity contribution in [2.24, 2.45) is 20.0 Å². The van der Waals surface area contributed by atoms with Gasteiger partial charge in [-0.15, -0.1) is 0 Å². The molecule has 8 rings (SSSR count). The number of carboxylic acids is 1. The SMILES string of the molecule is C[C@@H](CC(=O)c1ccc2c(n1)N(C(=O)Nc1cn(C)ccc1=O)[C@H]1CCN2C1)C(F)(F)F.Cn1ccc(=O)c(NC(=O)N2c3nc(C(=O)O)ccc3N3CC[C@H]2C3)c1. The maximum absolute atomic E-state index is 13.1. The smallest absolute Gasteiger partial charge is 0.391 e. The van der Waals surface area contributed by atoms with Crippen molar-refractivity contribution in [3.05, 3.63) is 93.0 Å². The number of ketones is 1. The van der Waals surface area contributed by atoms with Crippen LogP contribution >= 0.6 is 0 Å². The Bertz CT molecular complexity index is 2440. The van der Waals surface area contributed by atoms with Gasteiger partial charge in [-0.3, -0.25) is 24.2 Å². The van der Waals surface area contributed by atoms with Gasteiger partial charge in [0.2, 0.25) is 10.9 Å². The van der Waals surface area contributed by atoms with E-state index in [0.29, 0.717) is 37.6 Å². The maximum Gasteiger partial charge on any atom is 0.391 e. The van der Waals surface area contributed by atoms with Crippen LogP contribution in [0.5, 0.6) is 0 Å². The monoisotopic (exact) mass is 804 g/mol. The Balaban J connectivity index is 0.000000180. The zero-order chi connectivity index (χ0) is 41.6. The summed E-state index contributed by atoms with van der Waals surface area (Å²) in [5.41, 5.74) is 0.684. The highest BCUT2D eigenvalue weighted by atomic mass is 19.4. The number of urea groups is 2. The molecule has 20 heteroatoms. The number of hydrogen-bond acceptors (Lipinski definition) is 10. The summed E-state index contributed by atoms with van der Waals surface area (Å²) in [7, 11) is 3.46. The number of pyridine rings is 4. The van der Waals surface area contributed by atoms with Gasteiger partial charge in [-0.2, -0.15) is 13.2 Å². The van der Waals surface area contributed by atoms with Gasteiger partial charge >= 0.3 is 24.2 Å². The summed E-state index contributed by atoms with van der Waals surface area (Å²) in [5.74, 6) is -3.19. The number of amides is 4. The molecular weight excluding hydrogens is 765 g/mol. The standard InChI is InChI=1S/C21H22F3N5O3.C17H17N5O4/c1-12(21(22,23)24)9-18(31)14-3-4-16-19(25-14)29(13-5-8-28(16)10-13)20(32)26-15-11-27(2)7-6-17(15)30;1-20-6-5-14(23)12(9-20)19-17(26)22-10-4-7-21(8-10)13-3-2-11(16(24)25)18-15(13)22/h3-4,6-7,11-13H,5,8-10H2,1-2H3,(H,26,32);2-3,5-6,9-10H,4,7-8H2,1H3,(H,19,26)(H,24,25)/t12-,13-;10-/m00/s1. The molecule has 4 aliphatic rings. The van der Waals surface area contributed by atoms with E-state index < -0.39 is 42.3 Å². The van der Waals surface area contributed by atoms with Crippen LogP contribution in [0.2, 0.25) is 0 Å². The van der Waals surface area contributed by atoms with Crippen LogP contribution in [0.4, 0.5) is 57.1 Å². The van der Waals surface area contributed by atoms with Gasteiger partial charge in [0.15, 0.2) is 23.1 Å². The van der Waals surface area contributed by atoms with Gasteiger partial charge in [-0.25, -0.2) is 24.4 Å². The van der Waals surface area contributed by atoms with Crippen LogP contribution in [-0.4, -0.2) is 92.5 Å². The molecule has 8 heterocycles. The molecule has 2 fully saturated rings. The molecule has 3 N–H and O–H groups in total. The molecule has 0 aromatic carbocycles. The minimum Gasteiger partial charge on any atom is -0.477 e. The Labute approximate surface area is 328 Å². The van der Waals surface area contributed by atoms with Gasteiger partial charge in [-0.05, 0) is 37.1 Å². The molecule has 304 valence electrons. The van der Waals surface area contributed by atoms with Gasteiger partial charge in [0.25, 0.3) is 0 Å². The number of fused-ring (bicyclic) bond motifs is 8. The van der Waals surface area contributed by atoms with E-state index in [1.807, 2.05) is 4.90 Å². The molecule has 4 aliphatic heterocycles. The van der Waals surface area contributed by atoms with Crippen LogP contribution in [-0.2, 0) is 14.1 Å². The van der Waals surface area contributed by atoms with Crippen molar-refractivity contribution >= 4 is 58.2 Å². The minimum absolute atomic E-state index is 0.0909. The third-order valence-corrected chi connectivity index (χ3v) is 10.5. The van der Waals surface area contributed by atoms with E-state index in [1.165, 1.54) is 46.5 Å². The third-order valence-electron chi connectivity index (χ3n) is 10.5. The van der Waals surface area contributed by atoms with E-state index in [4.69, 9.17) is 0 Å². The van der Waals surface area contributed by atoms with Crippen LogP contribution in [0.1, 0.15) is 47.2 Å². The molecule has 0 unspecified atom stereocenters. The Morgan fingerprint density at radius 3 is 1.66 bits per heavy atom. The first kappa shape index (κ1) is 39.5. The number of aryl methyl sites for hydroxylation is 2. The molecule has 58 heavy (non-hydrogen) atoms. The second-order valence-corrected chi connectivity index (χ2v) is 14.6. The molecule has 3 atom stereocenters. The molecule has 4 amide bonds. The van der Waals surface area contributed by atoms with Gasteiger partial charge in [-0.1, -0.05) is 6.92 Å². The molecule has 0 radical (unpaired) electrons. The van der Waals surface area contributed by atoms with E-state index >= 15 is 0 Å². The van der Waals surface area contributed by atoms with Crippen molar-refractivity contribution in [1.29, 1.82) is 0 Å². The summed E-state index contributed by atoms with van der Waals surface area (Å²) in [6.07, 6.45) is 2.38. The van der Waals surface area contributed by atoms with Crippen LogP contribution < -0.4 is 41.1 Å². The number of hydrogen-bond donors (Lipinski definition) is 3. The first-order valence-corrected chi connectivity index (χ1v) is 18.4. The number of halogens is 3. The zero-order valence-electron chi connectivity index (χ0n) is 31.6. The lowest BCUT2D eigenvalue weighted by atomic mass is 10.0. The Kier molecular flexibility index (Phi) is 10.4. The number of alkyl halides is 3. The number of nitrogens with zero attached hydrogens (tertiary/aromatic N) is 8. The molecule has 0 saturated carbocycles. The highest BCUT2D eigenvalue weighted by molar-refractivity contribution is 6.06. The van der Waals surface area contributed by atoms with E-state index in [9.17, 15) is 47.0 Å². The largest absolute Gasteiger partial charge is 0.477 e. The fourth-order valence-corrected chi connectivity index (χ4v) is 7.43. The summed E-state index contributed by atoms with van der Waals surface area (Å²) in [6.45, 7) is 3.61. The van der Waals surface area contributed by atoms with E-state index in [-0.39, 0.29) is 51.5 Å². The predicted molar refractivity (Wildman–Crippen MR) is 207 cm³/mol. The molecule has 0 spiro atoms. The molecule has 4 aromatic heterocycles. The van der Waals surface area contributed by atoms with Crippen molar-refractivity contribution in [2.75, 3.05) is 56.4 Å². The van der Waals surface area contributed by atoms with Crippen LogP contribution in [0.25, 0.3) is 0 Å². The normalized spacial score (nSPS) is 18.1. The number of aromatic nitrogens is 4. The fourth-order valence-electron chi connectivity index (χ4n) is 7.43. The lowest BCUT2D eigenvalue weighted by molar-refractivity contribution is -0.168. The van der Waals surface area contributed by atoms with Crippen LogP contribution in [0, 0.1) is 5.92 Å². The second kappa shape index (κ2) is 15.3. The van der Waals surface area contributed by atoms with E-state index in [0.717, 1.165) is 25.6 Å². The van der Waals surface area contributed by atoms with Crippen molar-refractivity contribution in [1.82, 2.24) is 19.1 Å². The minimum atomic E-state index is -4.48. The van der Waals surface area contributed by atoms with Crippen molar-refractivity contribution in [2.45, 2.75) is 44.4 Å². The van der Waals surface area contributed by atoms with Crippen LogP contribution in [0.15, 0.2) is 70.8 Å². The molecule has 4 bridgehead atoms. The van der Waals surface area contributed by atoms with Crippen molar-refractivity contribution < 1.29 is 37.5 Å². The molecule has 0 aliphatic carbocycles. The Morgan fingerprint density at radius 2 is 1.21 bits per heavy atom. The first-order chi connectivity index (χ1) is 27.5. The van der Waals surface area contributed by atoms with Gasteiger partial charge in [0.1, 0.15) is 17.1 Å². The number of anilines is 6. The predicted octanol–water partition coefficient (Wildman–Crippen LogP) is 4.29. The summed E-state index contributed by atoms with van der Waals surface area (Å²) in [6, 6.07) is 7.39. The lowest BCUT2D eigenvalue weighted by Gasteiger charge is -2.35. The summed E-state index contributed by atoms with van der Waals surface area (Å²) < 4.78 is 41.9. The number of Topliss-reactive ketones (excluding diaryl/α,β-unsaturated/α-hetero) is 1. The van der Waals surface area contributed by atoms with Crippen molar-refractivity contribution in [3.63, 3.8) is 0 Å². The highest BCUT2D eigenvalue weighted by Gasteiger charge is 2.43. The Hall–Kier alpha value is -6.73. The Morgan fingerprint density at radius 1 is 0.759 bits per heavy atom. The topological polar surface area (TPSA) is 195 Å². The fraction of sp³-hybridized carbons (Fsp3) is 0.368. The zero-order valence-corrected chi connectivity index (χ0v) is 31.6. The average Bonchev–Trinajstić information content (AvgIpc) is 3.79. The average molecular weight is 805 g/mol. The van der Waals surface area contributed by atoms with Gasteiger partial charge in [0, 0.05) is 83.6 Å². The molecular formula is C38H39F3N10O7. The molecule has 17 nitrogen and oxygen atoms in total. The lowest BCUT2D eigenvalue weighted by Crippen LogP contribution is -2.48. The quantitative estimate of drug-likeness (QED) is 0.235. The van der Waals surface area contributed by atoms with E-state index in [2.05, 4.69) is 25.5 Å². The first-order valence-electron chi connectivity index (χ1n) is 18.4.